The van der Waals surface area contributed by atoms with E-state index in [1.54, 1.807) is 6.92 Å². The number of rotatable bonds is 6. The highest BCUT2D eigenvalue weighted by atomic mass is 35.5. The second-order valence-corrected chi connectivity index (χ2v) is 4.53. The van der Waals surface area contributed by atoms with Crippen molar-refractivity contribution < 1.29 is 14.3 Å². The number of ether oxygens (including phenoxy) is 1. The Kier molecular flexibility index (Phi) is 7.95. The Morgan fingerprint density at radius 1 is 1.33 bits per heavy atom. The van der Waals surface area contributed by atoms with Gasteiger partial charge in [-0.1, -0.05) is 12.8 Å². The van der Waals surface area contributed by atoms with Crippen LogP contribution in [0.3, 0.4) is 0 Å². The Labute approximate surface area is 114 Å². The molecule has 106 valence electrons. The SMILES string of the molecule is CCOC(=O)CCCNC(=O)C1(N)CCCC1.Cl. The zero-order valence-corrected chi connectivity index (χ0v) is 11.7. The van der Waals surface area contributed by atoms with Gasteiger partial charge < -0.3 is 15.8 Å². The number of hydrogen-bond acceptors (Lipinski definition) is 4. The molecule has 0 aromatic heterocycles. The molecule has 0 unspecified atom stereocenters. The van der Waals surface area contributed by atoms with Crippen LogP contribution in [0.25, 0.3) is 0 Å². The molecule has 1 aliphatic carbocycles. The summed E-state index contributed by atoms with van der Waals surface area (Å²) >= 11 is 0. The van der Waals surface area contributed by atoms with Crippen LogP contribution in [0.1, 0.15) is 45.4 Å². The van der Waals surface area contributed by atoms with Crippen LogP contribution in [0.2, 0.25) is 0 Å². The van der Waals surface area contributed by atoms with E-state index in [2.05, 4.69) is 5.32 Å². The minimum absolute atomic E-state index is 0. The van der Waals surface area contributed by atoms with Crippen LogP contribution in [-0.2, 0) is 14.3 Å². The summed E-state index contributed by atoms with van der Waals surface area (Å²) in [6.45, 7) is 2.66. The van der Waals surface area contributed by atoms with E-state index in [9.17, 15) is 9.59 Å². The zero-order chi connectivity index (χ0) is 12.7. The largest absolute Gasteiger partial charge is 0.466 e. The minimum atomic E-state index is -0.677. The van der Waals surface area contributed by atoms with Crippen LogP contribution in [-0.4, -0.2) is 30.6 Å². The normalized spacial score (nSPS) is 16.8. The first-order valence-corrected chi connectivity index (χ1v) is 6.31. The molecule has 0 saturated heterocycles. The molecule has 1 saturated carbocycles. The standard InChI is InChI=1S/C12H22N2O3.ClH/c1-2-17-10(15)6-5-9-14-11(16)12(13)7-3-4-8-12;/h2-9,13H2,1H3,(H,14,16);1H. The third kappa shape index (κ3) is 5.23. The van der Waals surface area contributed by atoms with Gasteiger partial charge in [0.2, 0.25) is 5.91 Å². The van der Waals surface area contributed by atoms with Crippen molar-refractivity contribution in [3.8, 4) is 0 Å². The van der Waals surface area contributed by atoms with Gasteiger partial charge in [0, 0.05) is 13.0 Å². The summed E-state index contributed by atoms with van der Waals surface area (Å²) in [6.07, 6.45) is 4.50. The van der Waals surface area contributed by atoms with Crippen LogP contribution in [0, 0.1) is 0 Å². The van der Waals surface area contributed by atoms with Gasteiger partial charge in [-0.15, -0.1) is 12.4 Å². The third-order valence-electron chi connectivity index (χ3n) is 3.10. The first-order chi connectivity index (χ1) is 8.08. The number of carbonyl (C=O) groups is 2. The van der Waals surface area contributed by atoms with Crippen molar-refractivity contribution >= 4 is 24.3 Å². The van der Waals surface area contributed by atoms with E-state index in [1.807, 2.05) is 0 Å². The number of esters is 1. The monoisotopic (exact) mass is 278 g/mol. The predicted octanol–water partition coefficient (Wildman–Crippen LogP) is 1.14. The molecule has 5 nitrogen and oxygen atoms in total. The molecule has 6 heteroatoms. The van der Waals surface area contributed by atoms with Gasteiger partial charge in [-0.05, 0) is 26.2 Å². The smallest absolute Gasteiger partial charge is 0.305 e. The molecule has 0 aliphatic heterocycles. The lowest BCUT2D eigenvalue weighted by molar-refractivity contribution is -0.143. The lowest BCUT2D eigenvalue weighted by Crippen LogP contribution is -2.52. The van der Waals surface area contributed by atoms with Gasteiger partial charge in [0.25, 0.3) is 0 Å². The third-order valence-corrected chi connectivity index (χ3v) is 3.10. The minimum Gasteiger partial charge on any atom is -0.466 e. The van der Waals surface area contributed by atoms with Crippen molar-refractivity contribution in [3.05, 3.63) is 0 Å². The fraction of sp³-hybridized carbons (Fsp3) is 0.833. The number of nitrogens with two attached hydrogens (primary N) is 1. The molecule has 0 heterocycles. The van der Waals surface area contributed by atoms with Crippen LogP contribution < -0.4 is 11.1 Å². The highest BCUT2D eigenvalue weighted by Crippen LogP contribution is 2.27. The summed E-state index contributed by atoms with van der Waals surface area (Å²) in [5.41, 5.74) is 5.31. The summed E-state index contributed by atoms with van der Waals surface area (Å²) < 4.78 is 4.79. The van der Waals surface area contributed by atoms with Crippen molar-refractivity contribution in [2.24, 2.45) is 5.73 Å². The molecule has 1 rings (SSSR count). The summed E-state index contributed by atoms with van der Waals surface area (Å²) in [4.78, 5) is 22.8. The number of amides is 1. The topological polar surface area (TPSA) is 81.4 Å². The Morgan fingerprint density at radius 3 is 2.50 bits per heavy atom. The van der Waals surface area contributed by atoms with Crippen molar-refractivity contribution in [1.82, 2.24) is 5.32 Å². The van der Waals surface area contributed by atoms with E-state index in [1.165, 1.54) is 0 Å². The lowest BCUT2D eigenvalue weighted by Gasteiger charge is -2.22. The molecule has 0 bridgehead atoms. The van der Waals surface area contributed by atoms with Gasteiger partial charge in [-0.25, -0.2) is 0 Å². The molecule has 1 amide bonds. The fourth-order valence-electron chi connectivity index (χ4n) is 2.08. The van der Waals surface area contributed by atoms with Gasteiger partial charge in [0.05, 0.1) is 12.1 Å². The van der Waals surface area contributed by atoms with E-state index in [0.29, 0.717) is 26.0 Å². The van der Waals surface area contributed by atoms with E-state index in [0.717, 1.165) is 25.7 Å². The van der Waals surface area contributed by atoms with Gasteiger partial charge in [-0.2, -0.15) is 0 Å². The maximum Gasteiger partial charge on any atom is 0.305 e. The van der Waals surface area contributed by atoms with E-state index in [4.69, 9.17) is 10.5 Å². The maximum absolute atomic E-state index is 11.8. The van der Waals surface area contributed by atoms with Crippen molar-refractivity contribution in [3.63, 3.8) is 0 Å². The molecule has 0 radical (unpaired) electrons. The first kappa shape index (κ1) is 17.2. The lowest BCUT2D eigenvalue weighted by atomic mass is 9.98. The van der Waals surface area contributed by atoms with Gasteiger partial charge >= 0.3 is 5.97 Å². The molecule has 0 spiro atoms. The van der Waals surface area contributed by atoms with Gasteiger partial charge in [0.15, 0.2) is 0 Å². The number of halogens is 1. The molecule has 0 aromatic carbocycles. The zero-order valence-electron chi connectivity index (χ0n) is 10.9. The Bertz CT molecular complexity index is 278. The summed E-state index contributed by atoms with van der Waals surface area (Å²) in [5, 5.41) is 2.79. The average molecular weight is 279 g/mol. The molecule has 3 N–H and O–H groups in total. The second kappa shape index (κ2) is 8.32. The molecule has 0 atom stereocenters. The predicted molar refractivity (Wildman–Crippen MR) is 71.5 cm³/mol. The maximum atomic E-state index is 11.8. The Morgan fingerprint density at radius 2 is 1.94 bits per heavy atom. The molecular formula is C12H23ClN2O3. The van der Waals surface area contributed by atoms with Crippen LogP contribution in [0.5, 0.6) is 0 Å². The Balaban J connectivity index is 0.00000289. The van der Waals surface area contributed by atoms with Crippen molar-refractivity contribution in [2.45, 2.75) is 51.0 Å². The fourth-order valence-corrected chi connectivity index (χ4v) is 2.08. The number of nitrogens with one attached hydrogen (secondary N) is 1. The Hall–Kier alpha value is -0.810. The molecular weight excluding hydrogens is 256 g/mol. The number of carbonyl (C=O) groups excluding carboxylic acids is 2. The number of hydrogen-bond donors (Lipinski definition) is 2. The van der Waals surface area contributed by atoms with Crippen molar-refractivity contribution in [1.29, 1.82) is 0 Å². The highest BCUT2D eigenvalue weighted by molar-refractivity contribution is 5.86. The van der Waals surface area contributed by atoms with Crippen LogP contribution in [0.4, 0.5) is 0 Å². The second-order valence-electron chi connectivity index (χ2n) is 4.53. The summed E-state index contributed by atoms with van der Waals surface area (Å²) in [7, 11) is 0. The average Bonchev–Trinajstić information content (AvgIpc) is 2.73. The van der Waals surface area contributed by atoms with E-state index >= 15 is 0 Å². The van der Waals surface area contributed by atoms with Crippen molar-refractivity contribution in [2.75, 3.05) is 13.2 Å². The van der Waals surface area contributed by atoms with E-state index in [-0.39, 0.29) is 24.3 Å². The van der Waals surface area contributed by atoms with Crippen LogP contribution in [0.15, 0.2) is 0 Å². The highest BCUT2D eigenvalue weighted by Gasteiger charge is 2.36. The van der Waals surface area contributed by atoms with E-state index < -0.39 is 5.54 Å². The molecule has 18 heavy (non-hydrogen) atoms. The van der Waals surface area contributed by atoms with Crippen LogP contribution >= 0.6 is 12.4 Å². The summed E-state index contributed by atoms with van der Waals surface area (Å²) in [6, 6.07) is 0. The molecule has 0 aromatic rings. The molecule has 1 fully saturated rings. The van der Waals surface area contributed by atoms with Gasteiger partial charge in [-0.3, -0.25) is 9.59 Å². The van der Waals surface area contributed by atoms with Gasteiger partial charge in [0.1, 0.15) is 0 Å². The summed E-state index contributed by atoms with van der Waals surface area (Å²) in [5.74, 6) is -0.302. The quantitative estimate of drug-likeness (QED) is 0.564. The first-order valence-electron chi connectivity index (χ1n) is 6.31. The molecule has 1 aliphatic rings.